The van der Waals surface area contributed by atoms with Crippen LogP contribution in [-0.4, -0.2) is 23.4 Å². The minimum absolute atomic E-state index is 0.131. The van der Waals surface area contributed by atoms with Crippen molar-refractivity contribution in [3.63, 3.8) is 0 Å². The largest absolute Gasteiger partial charge is 0.465 e. The second kappa shape index (κ2) is 6.53. The van der Waals surface area contributed by atoms with Gasteiger partial charge in [0.05, 0.1) is 18.2 Å². The van der Waals surface area contributed by atoms with E-state index in [-0.39, 0.29) is 16.9 Å². The molecule has 0 aliphatic rings. The van der Waals surface area contributed by atoms with Crippen LogP contribution >= 0.6 is 11.6 Å². The lowest BCUT2D eigenvalue weighted by Crippen LogP contribution is -2.19. The molecule has 6 heteroatoms. The summed E-state index contributed by atoms with van der Waals surface area (Å²) >= 11 is 5.85. The number of benzene rings is 2. The topological polar surface area (TPSA) is 65.4 Å². The number of hydrogen-bond donors (Lipinski definition) is 0. The summed E-state index contributed by atoms with van der Waals surface area (Å²) in [6.45, 7) is 0. The molecule has 25 heavy (non-hydrogen) atoms. The van der Waals surface area contributed by atoms with Crippen molar-refractivity contribution < 1.29 is 14.3 Å². The highest BCUT2D eigenvalue weighted by atomic mass is 35.5. The van der Waals surface area contributed by atoms with Crippen molar-refractivity contribution in [3.05, 3.63) is 80.6 Å². The highest BCUT2D eigenvalue weighted by molar-refractivity contribution is 6.30. The van der Waals surface area contributed by atoms with E-state index in [0.717, 1.165) is 0 Å². The fraction of sp³-hybridized carbons (Fsp3) is 0.105. The van der Waals surface area contributed by atoms with Crippen LogP contribution < -0.4 is 5.56 Å². The van der Waals surface area contributed by atoms with Gasteiger partial charge in [0, 0.05) is 34.6 Å². The summed E-state index contributed by atoms with van der Waals surface area (Å²) < 4.78 is 6.17. The van der Waals surface area contributed by atoms with Crippen LogP contribution in [0.5, 0.6) is 0 Å². The van der Waals surface area contributed by atoms with Crippen LogP contribution in [0.1, 0.15) is 26.3 Å². The first-order valence-corrected chi connectivity index (χ1v) is 7.82. The van der Waals surface area contributed by atoms with Crippen LogP contribution in [0.2, 0.25) is 5.02 Å². The summed E-state index contributed by atoms with van der Waals surface area (Å²) in [6.07, 6.45) is 0. The van der Waals surface area contributed by atoms with Crippen molar-refractivity contribution in [1.82, 2.24) is 4.57 Å². The fourth-order valence-corrected chi connectivity index (χ4v) is 2.78. The molecule has 0 aliphatic carbocycles. The van der Waals surface area contributed by atoms with Crippen molar-refractivity contribution in [2.75, 3.05) is 7.11 Å². The normalized spacial score (nSPS) is 10.7. The van der Waals surface area contributed by atoms with E-state index in [0.29, 0.717) is 27.1 Å². The second-order valence-electron chi connectivity index (χ2n) is 5.51. The summed E-state index contributed by atoms with van der Waals surface area (Å²) in [5.41, 5.74) is 1.23. The molecule has 0 radical (unpaired) electrons. The van der Waals surface area contributed by atoms with E-state index in [1.165, 1.54) is 17.7 Å². The molecular formula is C19H14ClNO4. The zero-order chi connectivity index (χ0) is 18.1. The van der Waals surface area contributed by atoms with Crippen LogP contribution in [0.25, 0.3) is 10.9 Å². The van der Waals surface area contributed by atoms with Gasteiger partial charge in [0.25, 0.3) is 5.56 Å². The number of hydrogen-bond acceptors (Lipinski definition) is 4. The molecule has 0 saturated carbocycles. The molecule has 3 aromatic rings. The van der Waals surface area contributed by atoms with Crippen LogP contribution in [0.3, 0.4) is 0 Å². The lowest BCUT2D eigenvalue weighted by molar-refractivity contribution is 0.0602. The number of halogens is 1. The number of rotatable bonds is 3. The van der Waals surface area contributed by atoms with E-state index >= 15 is 0 Å². The smallest absolute Gasteiger partial charge is 0.338 e. The van der Waals surface area contributed by atoms with Crippen molar-refractivity contribution >= 4 is 34.3 Å². The Morgan fingerprint density at radius 2 is 1.64 bits per heavy atom. The molecule has 2 aromatic carbocycles. The van der Waals surface area contributed by atoms with Gasteiger partial charge in [-0.2, -0.15) is 0 Å². The van der Waals surface area contributed by atoms with Gasteiger partial charge in [0.1, 0.15) is 0 Å². The van der Waals surface area contributed by atoms with Crippen molar-refractivity contribution in [3.8, 4) is 0 Å². The Morgan fingerprint density at radius 1 is 1.00 bits per heavy atom. The number of nitrogens with zero attached hydrogens (tertiary/aromatic N) is 1. The number of pyridine rings is 1. The van der Waals surface area contributed by atoms with Crippen LogP contribution in [0.4, 0.5) is 0 Å². The van der Waals surface area contributed by atoms with E-state index in [2.05, 4.69) is 0 Å². The molecule has 1 heterocycles. The first-order chi connectivity index (χ1) is 11.9. The first-order valence-electron chi connectivity index (χ1n) is 7.44. The van der Waals surface area contributed by atoms with Gasteiger partial charge in [0.15, 0.2) is 5.78 Å². The maximum atomic E-state index is 12.7. The highest BCUT2D eigenvalue weighted by Crippen LogP contribution is 2.22. The number of aromatic nitrogens is 1. The Morgan fingerprint density at radius 3 is 2.28 bits per heavy atom. The van der Waals surface area contributed by atoms with Gasteiger partial charge in [0.2, 0.25) is 0 Å². The molecule has 126 valence electrons. The van der Waals surface area contributed by atoms with Crippen LogP contribution in [0.15, 0.2) is 53.3 Å². The molecule has 1 aromatic heterocycles. The zero-order valence-electron chi connectivity index (χ0n) is 13.6. The average molecular weight is 356 g/mol. The fourth-order valence-electron chi connectivity index (χ4n) is 2.65. The lowest BCUT2D eigenvalue weighted by Gasteiger charge is -2.10. The van der Waals surface area contributed by atoms with Gasteiger partial charge >= 0.3 is 5.97 Å². The lowest BCUT2D eigenvalue weighted by atomic mass is 9.99. The van der Waals surface area contributed by atoms with E-state index < -0.39 is 5.97 Å². The molecule has 0 amide bonds. The van der Waals surface area contributed by atoms with E-state index in [1.807, 2.05) is 0 Å². The predicted molar refractivity (Wildman–Crippen MR) is 95.4 cm³/mol. The first kappa shape index (κ1) is 16.9. The molecule has 0 N–H and O–H groups in total. The summed E-state index contributed by atoms with van der Waals surface area (Å²) in [6, 6.07) is 12.6. The third-order valence-corrected chi connectivity index (χ3v) is 4.27. The SMILES string of the molecule is COC(=O)c1cc(=O)n(C)c2ccc(C(=O)c3ccc(Cl)cc3)cc12. The van der Waals surface area contributed by atoms with Gasteiger partial charge in [-0.25, -0.2) is 4.79 Å². The summed E-state index contributed by atoms with van der Waals surface area (Å²) in [5, 5.41) is 1.02. The minimum atomic E-state index is -0.626. The monoisotopic (exact) mass is 355 g/mol. The van der Waals surface area contributed by atoms with Gasteiger partial charge in [-0.15, -0.1) is 0 Å². The number of fused-ring (bicyclic) bond motifs is 1. The maximum Gasteiger partial charge on any atom is 0.338 e. The number of carbonyl (C=O) groups is 2. The van der Waals surface area contributed by atoms with Crippen molar-refractivity contribution in [2.24, 2.45) is 7.05 Å². The molecular weight excluding hydrogens is 342 g/mol. The van der Waals surface area contributed by atoms with Gasteiger partial charge in [-0.3, -0.25) is 9.59 Å². The number of ketones is 1. The Kier molecular flexibility index (Phi) is 4.42. The molecule has 0 fully saturated rings. The second-order valence-corrected chi connectivity index (χ2v) is 5.95. The Hall–Kier alpha value is -2.92. The number of ether oxygens (including phenoxy) is 1. The zero-order valence-corrected chi connectivity index (χ0v) is 14.3. The Labute approximate surface area is 148 Å². The molecule has 0 saturated heterocycles. The summed E-state index contributed by atoms with van der Waals surface area (Å²) in [5.74, 6) is -0.831. The average Bonchev–Trinajstić information content (AvgIpc) is 2.63. The van der Waals surface area contributed by atoms with Gasteiger partial charge < -0.3 is 9.30 Å². The number of esters is 1. The van der Waals surface area contributed by atoms with Gasteiger partial charge in [-0.05, 0) is 42.5 Å². The Balaban J connectivity index is 2.20. The minimum Gasteiger partial charge on any atom is -0.465 e. The van der Waals surface area contributed by atoms with E-state index in [9.17, 15) is 14.4 Å². The standard InChI is InChI=1S/C19H14ClNO4/c1-21-16-8-5-12(18(23)11-3-6-13(20)7-4-11)9-14(16)15(10-17(21)22)19(24)25-2/h3-10H,1-2H3. The Bertz CT molecular complexity index is 1050. The van der Waals surface area contributed by atoms with Crippen LogP contribution in [0, 0.1) is 0 Å². The molecule has 0 atom stereocenters. The van der Waals surface area contributed by atoms with E-state index in [4.69, 9.17) is 16.3 Å². The van der Waals surface area contributed by atoms with Crippen LogP contribution in [-0.2, 0) is 11.8 Å². The molecule has 5 nitrogen and oxygen atoms in total. The predicted octanol–water partition coefficient (Wildman–Crippen LogP) is 3.21. The van der Waals surface area contributed by atoms with E-state index in [1.54, 1.807) is 49.5 Å². The number of aryl methyl sites for hydroxylation is 1. The maximum absolute atomic E-state index is 12.7. The molecule has 0 aliphatic heterocycles. The quantitative estimate of drug-likeness (QED) is 0.534. The number of methoxy groups -OCH3 is 1. The highest BCUT2D eigenvalue weighted by Gasteiger charge is 2.17. The summed E-state index contributed by atoms with van der Waals surface area (Å²) in [4.78, 5) is 36.7. The molecule has 0 bridgehead atoms. The molecule has 0 spiro atoms. The van der Waals surface area contributed by atoms with Crippen molar-refractivity contribution in [1.29, 1.82) is 0 Å². The molecule has 0 unspecified atom stereocenters. The third-order valence-electron chi connectivity index (χ3n) is 4.02. The number of carbonyl (C=O) groups excluding carboxylic acids is 2. The van der Waals surface area contributed by atoms with Crippen molar-refractivity contribution in [2.45, 2.75) is 0 Å². The third kappa shape index (κ3) is 3.06. The van der Waals surface area contributed by atoms with Gasteiger partial charge in [-0.1, -0.05) is 11.6 Å². The summed E-state index contributed by atoms with van der Waals surface area (Å²) in [7, 11) is 2.85. The molecule has 3 rings (SSSR count).